The van der Waals surface area contributed by atoms with Gasteiger partial charge >= 0.3 is 0 Å². The van der Waals surface area contributed by atoms with Crippen molar-refractivity contribution in [1.82, 2.24) is 19.7 Å². The molecule has 1 aliphatic heterocycles. The van der Waals surface area contributed by atoms with Gasteiger partial charge in [0.1, 0.15) is 11.5 Å². The highest BCUT2D eigenvalue weighted by atomic mass is 32.2. The van der Waals surface area contributed by atoms with Gasteiger partial charge in [0.05, 0.1) is 18.8 Å². The minimum Gasteiger partial charge on any atom is -0.464 e. The summed E-state index contributed by atoms with van der Waals surface area (Å²) in [6, 6.07) is 19.6. The molecule has 9 heteroatoms. The molecule has 2 aromatic heterocycles. The van der Waals surface area contributed by atoms with Gasteiger partial charge in [0.25, 0.3) is 0 Å². The molecule has 0 fully saturated rings. The van der Waals surface area contributed by atoms with Crippen molar-refractivity contribution in [3.8, 4) is 22.9 Å². The zero-order chi connectivity index (χ0) is 23.5. The molecule has 1 amide bonds. The van der Waals surface area contributed by atoms with Gasteiger partial charge in [-0.2, -0.15) is 0 Å². The topological polar surface area (TPSA) is 82.6 Å². The first kappa shape index (κ1) is 22.1. The van der Waals surface area contributed by atoms with Gasteiger partial charge in [0, 0.05) is 12.6 Å². The molecule has 4 aromatic rings. The maximum atomic E-state index is 12.8. The van der Waals surface area contributed by atoms with Crippen LogP contribution in [0.2, 0.25) is 0 Å². The van der Waals surface area contributed by atoms with E-state index in [-0.39, 0.29) is 18.5 Å². The number of aryl methyl sites for hydroxylation is 1. The van der Waals surface area contributed by atoms with Gasteiger partial charge in [-0.3, -0.25) is 9.36 Å². The van der Waals surface area contributed by atoms with Gasteiger partial charge in [-0.05, 0) is 36.8 Å². The minimum absolute atomic E-state index is 0.0158. The van der Waals surface area contributed by atoms with E-state index in [9.17, 15) is 4.79 Å². The first-order valence-corrected chi connectivity index (χ1v) is 11.8. The maximum absolute atomic E-state index is 12.8. The molecule has 0 aliphatic carbocycles. The SMILES string of the molecule is Cc1ccc(CN(C)C(=O)CSc2nnc(-c3ccccc3)n2Cc2ccc3c(c2)OCO3)o1. The van der Waals surface area contributed by atoms with E-state index < -0.39 is 0 Å². The van der Waals surface area contributed by atoms with Crippen LogP contribution >= 0.6 is 11.8 Å². The second kappa shape index (κ2) is 9.64. The Hall–Kier alpha value is -3.72. The van der Waals surface area contributed by atoms with Gasteiger partial charge in [-0.15, -0.1) is 10.2 Å². The predicted octanol–water partition coefficient (Wildman–Crippen LogP) is 4.37. The van der Waals surface area contributed by atoms with Crippen LogP contribution < -0.4 is 9.47 Å². The molecule has 0 saturated carbocycles. The first-order chi connectivity index (χ1) is 16.6. The summed E-state index contributed by atoms with van der Waals surface area (Å²) < 4.78 is 18.6. The third kappa shape index (κ3) is 4.79. The number of hydrogen-bond acceptors (Lipinski definition) is 7. The maximum Gasteiger partial charge on any atom is 0.233 e. The highest BCUT2D eigenvalue weighted by Crippen LogP contribution is 2.33. The number of rotatable bonds is 8. The van der Waals surface area contributed by atoms with Crippen molar-refractivity contribution in [3.05, 3.63) is 77.7 Å². The van der Waals surface area contributed by atoms with Gasteiger partial charge in [0.15, 0.2) is 22.5 Å². The van der Waals surface area contributed by atoms with E-state index in [1.165, 1.54) is 11.8 Å². The monoisotopic (exact) mass is 476 g/mol. The average molecular weight is 477 g/mol. The lowest BCUT2D eigenvalue weighted by Crippen LogP contribution is -2.27. The first-order valence-electron chi connectivity index (χ1n) is 10.9. The average Bonchev–Trinajstić information content (AvgIpc) is 3.58. The largest absolute Gasteiger partial charge is 0.464 e. The van der Waals surface area contributed by atoms with E-state index in [0.29, 0.717) is 18.2 Å². The highest BCUT2D eigenvalue weighted by Gasteiger charge is 2.19. The van der Waals surface area contributed by atoms with Gasteiger partial charge < -0.3 is 18.8 Å². The van der Waals surface area contributed by atoms with Crippen molar-refractivity contribution in [3.63, 3.8) is 0 Å². The van der Waals surface area contributed by atoms with Crippen LogP contribution in [0.4, 0.5) is 0 Å². The molecule has 0 spiro atoms. The Kier molecular flexibility index (Phi) is 6.27. The zero-order valence-corrected chi connectivity index (χ0v) is 19.7. The molecule has 8 nitrogen and oxygen atoms in total. The third-order valence-electron chi connectivity index (χ3n) is 5.47. The Morgan fingerprint density at radius 2 is 1.88 bits per heavy atom. The Bertz CT molecular complexity index is 1300. The van der Waals surface area contributed by atoms with Crippen LogP contribution in [-0.2, 0) is 17.9 Å². The van der Waals surface area contributed by atoms with Gasteiger partial charge in [-0.25, -0.2) is 0 Å². The Morgan fingerprint density at radius 1 is 1.06 bits per heavy atom. The quantitative estimate of drug-likeness (QED) is 0.349. The van der Waals surface area contributed by atoms with Crippen LogP contribution in [0.15, 0.2) is 70.2 Å². The number of ether oxygens (including phenoxy) is 2. The van der Waals surface area contributed by atoms with Crippen LogP contribution in [0.1, 0.15) is 17.1 Å². The second-order valence-electron chi connectivity index (χ2n) is 8.00. The summed E-state index contributed by atoms with van der Waals surface area (Å²) in [6.07, 6.45) is 0. The molecule has 2 aromatic carbocycles. The van der Waals surface area contributed by atoms with Crippen molar-refractivity contribution in [2.45, 2.75) is 25.2 Å². The predicted molar refractivity (Wildman–Crippen MR) is 128 cm³/mol. The number of nitrogens with zero attached hydrogens (tertiary/aromatic N) is 4. The van der Waals surface area contributed by atoms with E-state index in [4.69, 9.17) is 13.9 Å². The van der Waals surface area contributed by atoms with Crippen molar-refractivity contribution in [2.75, 3.05) is 19.6 Å². The summed E-state index contributed by atoms with van der Waals surface area (Å²) in [7, 11) is 1.77. The number of carbonyl (C=O) groups is 1. The Balaban J connectivity index is 1.35. The summed E-state index contributed by atoms with van der Waals surface area (Å²) in [5.41, 5.74) is 1.99. The fraction of sp³-hybridized carbons (Fsp3) is 0.240. The normalized spacial score (nSPS) is 12.2. The molecule has 0 atom stereocenters. The number of thioether (sulfide) groups is 1. The fourth-order valence-corrected chi connectivity index (χ4v) is 4.57. The molecule has 0 unspecified atom stereocenters. The smallest absolute Gasteiger partial charge is 0.233 e. The number of aromatic nitrogens is 3. The van der Waals surface area contributed by atoms with E-state index in [0.717, 1.165) is 40.0 Å². The molecule has 5 rings (SSSR count). The zero-order valence-electron chi connectivity index (χ0n) is 18.9. The Labute approximate surface area is 201 Å². The molecule has 0 N–H and O–H groups in total. The van der Waals surface area contributed by atoms with Crippen molar-refractivity contribution in [1.29, 1.82) is 0 Å². The summed E-state index contributed by atoms with van der Waals surface area (Å²) in [4.78, 5) is 14.4. The molecule has 3 heterocycles. The molecule has 34 heavy (non-hydrogen) atoms. The molecular weight excluding hydrogens is 452 g/mol. The molecular formula is C25H24N4O4S. The molecule has 174 valence electrons. The van der Waals surface area contributed by atoms with Crippen LogP contribution in [0.3, 0.4) is 0 Å². The molecule has 0 radical (unpaired) electrons. The molecule has 0 saturated heterocycles. The number of furan rings is 1. The standard InChI is InChI=1S/C25H24N4O4S/c1-17-8-10-20(33-17)14-28(2)23(30)15-34-25-27-26-24(19-6-4-3-5-7-19)29(25)13-18-9-11-21-22(12-18)32-16-31-21/h3-12H,13-16H2,1-2H3. The molecule has 1 aliphatic rings. The van der Waals surface area contributed by atoms with Gasteiger partial charge in [-0.1, -0.05) is 48.2 Å². The number of hydrogen-bond donors (Lipinski definition) is 0. The van der Waals surface area contributed by atoms with E-state index in [1.54, 1.807) is 11.9 Å². The Morgan fingerprint density at radius 3 is 2.68 bits per heavy atom. The van der Waals surface area contributed by atoms with Crippen molar-refractivity contribution >= 4 is 17.7 Å². The summed E-state index contributed by atoms with van der Waals surface area (Å²) >= 11 is 1.37. The lowest BCUT2D eigenvalue weighted by Gasteiger charge is -2.16. The number of benzene rings is 2. The number of amides is 1. The van der Waals surface area contributed by atoms with Crippen LogP contribution in [0.5, 0.6) is 11.5 Å². The fourth-order valence-electron chi connectivity index (χ4n) is 3.69. The van der Waals surface area contributed by atoms with Crippen LogP contribution in [0.25, 0.3) is 11.4 Å². The molecule has 0 bridgehead atoms. The van der Waals surface area contributed by atoms with E-state index >= 15 is 0 Å². The second-order valence-corrected chi connectivity index (χ2v) is 8.94. The summed E-state index contributed by atoms with van der Waals surface area (Å²) in [5.74, 6) is 4.03. The summed E-state index contributed by atoms with van der Waals surface area (Å²) in [6.45, 7) is 3.08. The summed E-state index contributed by atoms with van der Waals surface area (Å²) in [5, 5.41) is 9.53. The van der Waals surface area contributed by atoms with E-state index in [2.05, 4.69) is 10.2 Å². The highest BCUT2D eigenvalue weighted by molar-refractivity contribution is 7.99. The minimum atomic E-state index is -0.0158. The lowest BCUT2D eigenvalue weighted by atomic mass is 10.2. The third-order valence-corrected chi connectivity index (χ3v) is 6.42. The number of fused-ring (bicyclic) bond motifs is 1. The van der Waals surface area contributed by atoms with Gasteiger partial charge in [0.2, 0.25) is 12.7 Å². The van der Waals surface area contributed by atoms with Crippen molar-refractivity contribution < 1.29 is 18.7 Å². The number of carbonyl (C=O) groups excluding carboxylic acids is 1. The lowest BCUT2D eigenvalue weighted by molar-refractivity contribution is -0.127. The van der Waals surface area contributed by atoms with Crippen LogP contribution in [-0.4, -0.2) is 45.2 Å². The van der Waals surface area contributed by atoms with Crippen molar-refractivity contribution in [2.24, 2.45) is 0 Å². The van der Waals surface area contributed by atoms with E-state index in [1.807, 2.05) is 72.2 Å². The van der Waals surface area contributed by atoms with Crippen LogP contribution in [0, 0.1) is 6.92 Å².